The highest BCUT2D eigenvalue weighted by Crippen LogP contribution is 2.42. The summed E-state index contributed by atoms with van der Waals surface area (Å²) in [5.74, 6) is -0.552. The molecule has 2 aromatic carbocycles. The molecule has 0 bridgehead atoms. The van der Waals surface area contributed by atoms with E-state index >= 15 is 0 Å². The maximum atomic E-state index is 12.2. The van der Waals surface area contributed by atoms with Gasteiger partial charge in [-0.1, -0.05) is 67.2 Å². The third kappa shape index (κ3) is 8.04. The molecule has 1 amide bonds. The Labute approximate surface area is 237 Å². The van der Waals surface area contributed by atoms with E-state index in [-0.39, 0.29) is 43.5 Å². The summed E-state index contributed by atoms with van der Waals surface area (Å²) in [4.78, 5) is 22.6. The Morgan fingerprint density at radius 2 is 1.68 bits per heavy atom. The first-order valence-corrected chi connectivity index (χ1v) is 14.2. The van der Waals surface area contributed by atoms with Crippen LogP contribution in [0.3, 0.4) is 0 Å². The highest BCUT2D eigenvalue weighted by Gasteiger charge is 2.38. The van der Waals surface area contributed by atoms with Crippen LogP contribution in [-0.4, -0.2) is 33.9 Å². The van der Waals surface area contributed by atoms with Crippen molar-refractivity contribution in [2.45, 2.75) is 62.9 Å². The van der Waals surface area contributed by atoms with Crippen LogP contribution >= 0.6 is 11.8 Å². The van der Waals surface area contributed by atoms with Crippen LogP contribution in [0.4, 0.5) is 0 Å². The van der Waals surface area contributed by atoms with Crippen LogP contribution in [0.2, 0.25) is 0 Å². The van der Waals surface area contributed by atoms with Gasteiger partial charge >= 0.3 is 5.97 Å². The molecule has 1 aliphatic rings. The summed E-state index contributed by atoms with van der Waals surface area (Å²) >= 11 is 1.44. The van der Waals surface area contributed by atoms with E-state index in [9.17, 15) is 19.9 Å². The standard InChI is InChI=1S/C30H34N2O7S/c1-20-25(19-40-27-6-2-3-16-32(27)37)38-30(39-29(20)23-12-10-22(18-33)11-13-23)24-14-8-21(9-15-24)17-31-26(34)5-4-7-28(35)36/h2-3,6,8-16,20,25,29-30,33H,4-5,7,17-19H2,1H3,(H,31,34)(H,35,36). The van der Waals surface area contributed by atoms with Crippen LogP contribution in [0.1, 0.15) is 60.8 Å². The van der Waals surface area contributed by atoms with Crippen LogP contribution in [0.25, 0.3) is 0 Å². The number of hydrogen-bond donors (Lipinski definition) is 3. The van der Waals surface area contributed by atoms with Gasteiger partial charge < -0.3 is 30.2 Å². The number of carbonyl (C=O) groups excluding carboxylic acids is 1. The van der Waals surface area contributed by atoms with E-state index in [1.807, 2.05) is 54.6 Å². The average molecular weight is 567 g/mol. The minimum absolute atomic E-state index is 0.0110. The zero-order valence-corrected chi connectivity index (χ0v) is 23.1. The number of aliphatic carboxylic acids is 1. The van der Waals surface area contributed by atoms with Crippen LogP contribution in [0.5, 0.6) is 0 Å². The van der Waals surface area contributed by atoms with Crippen molar-refractivity contribution in [3.05, 3.63) is 100 Å². The number of nitrogens with one attached hydrogen (secondary N) is 1. The third-order valence-corrected chi connectivity index (χ3v) is 7.95. The number of benzene rings is 2. The fourth-order valence-electron chi connectivity index (χ4n) is 4.48. The molecule has 4 atom stereocenters. The van der Waals surface area contributed by atoms with E-state index in [0.29, 0.717) is 23.7 Å². The number of rotatable bonds is 12. The number of thioether (sulfide) groups is 1. The SMILES string of the molecule is CC1C(CSc2cccc[n+]2[O-])OC(c2ccc(CNC(=O)CCCC(=O)O)cc2)OC1c1ccc(CO)cc1. The van der Waals surface area contributed by atoms with Crippen molar-refractivity contribution < 1.29 is 34.0 Å². The van der Waals surface area contributed by atoms with Crippen molar-refractivity contribution in [1.29, 1.82) is 0 Å². The lowest BCUT2D eigenvalue weighted by Crippen LogP contribution is -2.39. The van der Waals surface area contributed by atoms with Gasteiger partial charge in [0.15, 0.2) is 12.5 Å². The van der Waals surface area contributed by atoms with E-state index in [1.165, 1.54) is 18.0 Å². The van der Waals surface area contributed by atoms with Gasteiger partial charge in [0.05, 0.1) is 18.8 Å². The fraction of sp³-hybridized carbons (Fsp3) is 0.367. The Morgan fingerprint density at radius 1 is 0.975 bits per heavy atom. The summed E-state index contributed by atoms with van der Waals surface area (Å²) in [6.45, 7) is 2.37. The second kappa shape index (κ2) is 14.3. The smallest absolute Gasteiger partial charge is 0.303 e. The maximum absolute atomic E-state index is 12.2. The fourth-order valence-corrected chi connectivity index (χ4v) is 5.56. The number of aliphatic hydroxyl groups is 1. The van der Waals surface area contributed by atoms with E-state index in [2.05, 4.69) is 12.2 Å². The lowest BCUT2D eigenvalue weighted by Gasteiger charge is -2.41. The molecule has 212 valence electrons. The zero-order chi connectivity index (χ0) is 28.5. The molecule has 1 aromatic heterocycles. The molecule has 40 heavy (non-hydrogen) atoms. The van der Waals surface area contributed by atoms with Crippen molar-refractivity contribution in [1.82, 2.24) is 5.32 Å². The minimum atomic E-state index is -0.913. The average Bonchev–Trinajstić information content (AvgIpc) is 2.96. The van der Waals surface area contributed by atoms with Crippen LogP contribution in [0, 0.1) is 11.1 Å². The highest BCUT2D eigenvalue weighted by atomic mass is 32.2. The Bertz CT molecular complexity index is 1270. The molecule has 3 N–H and O–H groups in total. The number of ether oxygens (including phenoxy) is 2. The Hall–Kier alpha value is -3.44. The molecule has 4 unspecified atom stereocenters. The number of carboxylic acids is 1. The summed E-state index contributed by atoms with van der Waals surface area (Å²) < 4.78 is 13.8. The number of aromatic nitrogens is 1. The number of carbonyl (C=O) groups is 2. The van der Waals surface area contributed by atoms with E-state index < -0.39 is 12.3 Å². The monoisotopic (exact) mass is 566 g/mol. The molecule has 0 aliphatic carbocycles. The predicted octanol–water partition coefficient (Wildman–Crippen LogP) is 4.27. The molecule has 9 nitrogen and oxygen atoms in total. The number of hydrogen-bond acceptors (Lipinski definition) is 7. The molecule has 1 saturated heterocycles. The lowest BCUT2D eigenvalue weighted by atomic mass is 9.91. The minimum Gasteiger partial charge on any atom is -0.618 e. The van der Waals surface area contributed by atoms with Crippen LogP contribution in [-0.2, 0) is 32.2 Å². The van der Waals surface area contributed by atoms with Gasteiger partial charge in [0.25, 0.3) is 5.03 Å². The molecule has 2 heterocycles. The maximum Gasteiger partial charge on any atom is 0.303 e. The van der Waals surface area contributed by atoms with E-state index in [0.717, 1.165) is 27.0 Å². The largest absolute Gasteiger partial charge is 0.618 e. The van der Waals surface area contributed by atoms with Crippen molar-refractivity contribution in [3.8, 4) is 0 Å². The van der Waals surface area contributed by atoms with Gasteiger partial charge in [-0.3, -0.25) is 9.59 Å². The number of amides is 1. The van der Waals surface area contributed by atoms with Crippen molar-refractivity contribution in [3.63, 3.8) is 0 Å². The first-order valence-electron chi connectivity index (χ1n) is 13.2. The second-order valence-corrected chi connectivity index (χ2v) is 10.8. The van der Waals surface area contributed by atoms with Crippen LogP contribution < -0.4 is 10.0 Å². The summed E-state index contributed by atoms with van der Waals surface area (Å²) in [7, 11) is 0. The molecular weight excluding hydrogens is 532 g/mol. The number of aliphatic hydroxyl groups excluding tert-OH is 1. The molecule has 0 saturated carbocycles. The summed E-state index contributed by atoms with van der Waals surface area (Å²) in [6.07, 6.45) is 0.799. The normalized spacial score (nSPS) is 20.6. The summed E-state index contributed by atoms with van der Waals surface area (Å²) in [5, 5.41) is 33.8. The number of carboxylic acid groups (broad SMARTS) is 1. The van der Waals surface area contributed by atoms with Gasteiger partial charge in [-0.25, -0.2) is 0 Å². The van der Waals surface area contributed by atoms with E-state index in [1.54, 1.807) is 12.1 Å². The lowest BCUT2D eigenvalue weighted by molar-refractivity contribution is -0.645. The predicted molar refractivity (Wildman–Crippen MR) is 149 cm³/mol. The second-order valence-electron chi connectivity index (χ2n) is 9.76. The molecule has 1 aliphatic heterocycles. The van der Waals surface area contributed by atoms with Gasteiger partial charge in [-0.2, -0.15) is 4.73 Å². The molecule has 0 spiro atoms. The Kier molecular flexibility index (Phi) is 10.5. The Morgan fingerprint density at radius 3 is 2.35 bits per heavy atom. The molecule has 0 radical (unpaired) electrons. The van der Waals surface area contributed by atoms with Gasteiger partial charge in [0, 0.05) is 48.8 Å². The molecule has 1 fully saturated rings. The molecule has 3 aromatic rings. The molecule has 10 heteroatoms. The van der Waals surface area contributed by atoms with Gasteiger partial charge in [-0.05, 0) is 29.2 Å². The molecule has 4 rings (SSSR count). The van der Waals surface area contributed by atoms with Crippen molar-refractivity contribution >= 4 is 23.6 Å². The summed E-state index contributed by atoms with van der Waals surface area (Å²) in [6, 6.07) is 20.6. The summed E-state index contributed by atoms with van der Waals surface area (Å²) in [5.41, 5.74) is 3.52. The van der Waals surface area contributed by atoms with Crippen molar-refractivity contribution in [2.75, 3.05) is 5.75 Å². The van der Waals surface area contributed by atoms with Gasteiger partial charge in [0.1, 0.15) is 0 Å². The number of nitrogens with zero attached hydrogens (tertiary/aromatic N) is 1. The van der Waals surface area contributed by atoms with Gasteiger partial charge in [-0.15, -0.1) is 0 Å². The van der Waals surface area contributed by atoms with E-state index in [4.69, 9.17) is 14.6 Å². The third-order valence-electron chi connectivity index (χ3n) is 6.84. The first-order chi connectivity index (χ1) is 19.3. The quantitative estimate of drug-likeness (QED) is 0.168. The topological polar surface area (TPSA) is 132 Å². The van der Waals surface area contributed by atoms with Crippen LogP contribution in [0.15, 0.2) is 78.0 Å². The number of pyridine rings is 1. The van der Waals surface area contributed by atoms with Crippen molar-refractivity contribution in [2.24, 2.45) is 5.92 Å². The first kappa shape index (κ1) is 29.5. The zero-order valence-electron chi connectivity index (χ0n) is 22.3. The van der Waals surface area contributed by atoms with Gasteiger partial charge in [0.2, 0.25) is 5.91 Å². The highest BCUT2D eigenvalue weighted by molar-refractivity contribution is 7.99. The Balaban J connectivity index is 1.45. The molecular formula is C30H34N2O7S.